The van der Waals surface area contributed by atoms with Crippen LogP contribution in [0.1, 0.15) is 11.1 Å². The Hall–Kier alpha value is -3.88. The molecule has 0 aliphatic carbocycles. The van der Waals surface area contributed by atoms with E-state index in [1.165, 1.54) is 45.6 Å². The van der Waals surface area contributed by atoms with Gasteiger partial charge in [0.15, 0.2) is 11.4 Å². The Morgan fingerprint density at radius 2 is 1.79 bits per heavy atom. The van der Waals surface area contributed by atoms with Crippen LogP contribution >= 0.6 is 0 Å². The average Bonchev–Trinajstić information content (AvgIpc) is 3.08. The van der Waals surface area contributed by atoms with Gasteiger partial charge in [0.05, 0.1) is 26.3 Å². The number of hydrogen-bond acceptors (Lipinski definition) is 8. The Morgan fingerprint density at radius 1 is 1.04 bits per heavy atom. The fourth-order valence-corrected chi connectivity index (χ4v) is 2.58. The van der Waals surface area contributed by atoms with E-state index in [2.05, 4.69) is 4.99 Å². The topological polar surface area (TPSA) is 109 Å². The lowest BCUT2D eigenvalue weighted by Gasteiger charge is -2.07. The number of esters is 1. The average molecular weight is 384 g/mol. The first-order valence-corrected chi connectivity index (χ1v) is 8.04. The summed E-state index contributed by atoms with van der Waals surface area (Å²) in [6.45, 7) is 0. The fraction of sp³-hybridized carbons (Fsp3) is 0.158. The van der Waals surface area contributed by atoms with Crippen molar-refractivity contribution in [2.24, 2.45) is 4.99 Å². The van der Waals surface area contributed by atoms with E-state index in [1.807, 2.05) is 0 Å². The Morgan fingerprint density at radius 3 is 2.43 bits per heavy atom. The third-order valence-corrected chi connectivity index (χ3v) is 3.98. The molecule has 3 rings (SSSR count). The highest BCUT2D eigenvalue weighted by molar-refractivity contribution is 6.13. The van der Waals surface area contributed by atoms with Crippen LogP contribution in [0.3, 0.4) is 0 Å². The number of rotatable bonds is 6. The second kappa shape index (κ2) is 7.78. The summed E-state index contributed by atoms with van der Waals surface area (Å²) in [7, 11) is 4.36. The van der Waals surface area contributed by atoms with Gasteiger partial charge < -0.3 is 18.9 Å². The highest BCUT2D eigenvalue weighted by Crippen LogP contribution is 2.31. The van der Waals surface area contributed by atoms with E-state index in [0.29, 0.717) is 17.1 Å². The summed E-state index contributed by atoms with van der Waals surface area (Å²) in [5, 5.41) is 11.2. The van der Waals surface area contributed by atoms with Crippen molar-refractivity contribution in [3.05, 3.63) is 63.3 Å². The maximum atomic E-state index is 12.2. The summed E-state index contributed by atoms with van der Waals surface area (Å²) >= 11 is 0. The molecule has 2 aromatic carbocycles. The highest BCUT2D eigenvalue weighted by atomic mass is 16.6. The molecule has 144 valence electrons. The van der Waals surface area contributed by atoms with Crippen LogP contribution < -0.4 is 14.2 Å². The van der Waals surface area contributed by atoms with Crippen molar-refractivity contribution in [1.29, 1.82) is 0 Å². The molecule has 0 fully saturated rings. The molecular formula is C19H16N2O7. The van der Waals surface area contributed by atoms with Crippen LogP contribution in [-0.4, -0.2) is 38.1 Å². The third-order valence-electron chi connectivity index (χ3n) is 3.98. The molecule has 1 aliphatic heterocycles. The zero-order valence-electron chi connectivity index (χ0n) is 15.3. The van der Waals surface area contributed by atoms with Crippen LogP contribution in [0.25, 0.3) is 6.08 Å². The monoisotopic (exact) mass is 384 g/mol. The van der Waals surface area contributed by atoms with Gasteiger partial charge in [0.2, 0.25) is 5.90 Å². The molecule has 0 aromatic heterocycles. The Bertz CT molecular complexity index is 1010. The number of cyclic esters (lactones) is 1. The lowest BCUT2D eigenvalue weighted by atomic mass is 10.1. The molecule has 1 heterocycles. The van der Waals surface area contributed by atoms with Gasteiger partial charge in [-0.15, -0.1) is 0 Å². The minimum atomic E-state index is -0.675. The lowest BCUT2D eigenvalue weighted by Crippen LogP contribution is -2.06. The number of ether oxygens (including phenoxy) is 4. The summed E-state index contributed by atoms with van der Waals surface area (Å²) in [6.07, 6.45) is 1.51. The number of nitro groups is 1. The van der Waals surface area contributed by atoms with Crippen LogP contribution in [0.5, 0.6) is 17.2 Å². The smallest absolute Gasteiger partial charge is 0.363 e. The number of nitrogens with zero attached hydrogens (tertiary/aromatic N) is 2. The first kappa shape index (κ1) is 18.9. The Labute approximate surface area is 160 Å². The van der Waals surface area contributed by atoms with Crippen LogP contribution in [0.15, 0.2) is 47.1 Å². The fourth-order valence-electron chi connectivity index (χ4n) is 2.58. The molecule has 0 bridgehead atoms. The van der Waals surface area contributed by atoms with Gasteiger partial charge in [-0.3, -0.25) is 10.1 Å². The molecule has 0 spiro atoms. The molecule has 0 atom stereocenters. The summed E-state index contributed by atoms with van der Waals surface area (Å²) in [6, 6.07) is 9.27. The van der Waals surface area contributed by atoms with Gasteiger partial charge in [-0.25, -0.2) is 9.79 Å². The minimum absolute atomic E-state index is 0.0329. The molecule has 0 unspecified atom stereocenters. The van der Waals surface area contributed by atoms with Gasteiger partial charge in [0.1, 0.15) is 11.5 Å². The maximum absolute atomic E-state index is 12.2. The van der Waals surface area contributed by atoms with Crippen molar-refractivity contribution in [1.82, 2.24) is 0 Å². The molecule has 2 aromatic rings. The van der Waals surface area contributed by atoms with E-state index < -0.39 is 10.9 Å². The number of carbonyl (C=O) groups is 1. The number of aliphatic imine (C=N–C) groups is 1. The second-order valence-corrected chi connectivity index (χ2v) is 5.59. The number of benzene rings is 2. The summed E-state index contributed by atoms with van der Waals surface area (Å²) in [5.41, 5.74) is 0.664. The highest BCUT2D eigenvalue weighted by Gasteiger charge is 2.27. The molecule has 0 saturated heterocycles. The quantitative estimate of drug-likeness (QED) is 0.326. The van der Waals surface area contributed by atoms with Crippen molar-refractivity contribution >= 4 is 23.6 Å². The molecular weight excluding hydrogens is 368 g/mol. The molecule has 0 N–H and O–H groups in total. The van der Waals surface area contributed by atoms with Gasteiger partial charge in [-0.1, -0.05) is 0 Å². The van der Waals surface area contributed by atoms with Crippen molar-refractivity contribution in [3.8, 4) is 17.2 Å². The number of carbonyl (C=O) groups excluding carboxylic acids is 1. The van der Waals surface area contributed by atoms with Crippen LogP contribution in [-0.2, 0) is 9.53 Å². The molecule has 0 amide bonds. The second-order valence-electron chi connectivity index (χ2n) is 5.59. The number of methoxy groups -OCH3 is 3. The normalized spacial score (nSPS) is 14.5. The van der Waals surface area contributed by atoms with E-state index in [9.17, 15) is 14.9 Å². The van der Waals surface area contributed by atoms with Crippen LogP contribution in [0.2, 0.25) is 0 Å². The van der Waals surface area contributed by atoms with Crippen molar-refractivity contribution in [2.75, 3.05) is 21.3 Å². The Kier molecular flexibility index (Phi) is 5.25. The van der Waals surface area contributed by atoms with Gasteiger partial charge in [-0.05, 0) is 30.3 Å². The first-order valence-electron chi connectivity index (χ1n) is 8.04. The first-order chi connectivity index (χ1) is 13.5. The molecule has 28 heavy (non-hydrogen) atoms. The zero-order valence-corrected chi connectivity index (χ0v) is 15.3. The molecule has 0 saturated carbocycles. The van der Waals surface area contributed by atoms with Gasteiger partial charge in [-0.2, -0.15) is 0 Å². The van der Waals surface area contributed by atoms with E-state index in [4.69, 9.17) is 18.9 Å². The summed E-state index contributed by atoms with van der Waals surface area (Å²) < 4.78 is 20.6. The standard InChI is InChI=1S/C19H16N2O7/c1-25-13-6-4-11(17(10-13)27-3)8-14-19(22)28-18(20-14)12-5-7-16(26-2)15(9-12)21(23)24/h4-10H,1-3H3/b14-8+. The molecule has 9 heteroatoms. The summed E-state index contributed by atoms with van der Waals surface area (Å²) in [4.78, 5) is 27.0. The number of hydrogen-bond donors (Lipinski definition) is 0. The molecule has 9 nitrogen and oxygen atoms in total. The summed E-state index contributed by atoms with van der Waals surface area (Å²) in [5.74, 6) is 0.476. The van der Waals surface area contributed by atoms with Gasteiger partial charge in [0.25, 0.3) is 0 Å². The van der Waals surface area contributed by atoms with Crippen molar-refractivity contribution < 1.29 is 28.7 Å². The SMILES string of the molecule is COc1ccc(/C=C2/N=C(c3ccc(OC)c([N+](=O)[O-])c3)OC2=O)c(OC)c1. The van der Waals surface area contributed by atoms with Gasteiger partial charge in [0, 0.05) is 23.3 Å². The maximum Gasteiger partial charge on any atom is 0.363 e. The zero-order chi connectivity index (χ0) is 20.3. The largest absolute Gasteiger partial charge is 0.497 e. The van der Waals surface area contributed by atoms with E-state index >= 15 is 0 Å². The third kappa shape index (κ3) is 3.63. The van der Waals surface area contributed by atoms with Crippen LogP contribution in [0, 0.1) is 10.1 Å². The van der Waals surface area contributed by atoms with Crippen molar-refractivity contribution in [2.45, 2.75) is 0 Å². The predicted octanol–water partition coefficient (Wildman–Crippen LogP) is 2.97. The molecule has 0 radical (unpaired) electrons. The van der Waals surface area contributed by atoms with Crippen molar-refractivity contribution in [3.63, 3.8) is 0 Å². The van der Waals surface area contributed by atoms with E-state index in [1.54, 1.807) is 18.2 Å². The lowest BCUT2D eigenvalue weighted by molar-refractivity contribution is -0.385. The minimum Gasteiger partial charge on any atom is -0.497 e. The van der Waals surface area contributed by atoms with E-state index in [0.717, 1.165) is 0 Å². The van der Waals surface area contributed by atoms with Gasteiger partial charge >= 0.3 is 11.7 Å². The van der Waals surface area contributed by atoms with Crippen LogP contribution in [0.4, 0.5) is 5.69 Å². The number of nitro benzene ring substituents is 1. The predicted molar refractivity (Wildman–Crippen MR) is 99.8 cm³/mol. The Balaban J connectivity index is 1.99. The van der Waals surface area contributed by atoms with E-state index in [-0.39, 0.29) is 28.6 Å². The molecule has 1 aliphatic rings.